The molecule has 0 radical (unpaired) electrons. The van der Waals surface area contributed by atoms with Crippen molar-refractivity contribution in [2.24, 2.45) is 0 Å². The zero-order valence-electron chi connectivity index (χ0n) is 19.6. The third-order valence-corrected chi connectivity index (χ3v) is 6.37. The molecule has 0 saturated carbocycles. The number of anilines is 1. The van der Waals surface area contributed by atoms with Gasteiger partial charge in [0.15, 0.2) is 11.5 Å². The third-order valence-electron chi connectivity index (χ3n) is 5.23. The molecule has 0 unspecified atom stereocenters. The van der Waals surface area contributed by atoms with Crippen LogP contribution in [0, 0.1) is 0 Å². The van der Waals surface area contributed by atoms with Crippen molar-refractivity contribution in [2.75, 3.05) is 44.9 Å². The number of benzene rings is 2. The number of carbonyl (C=O) groups is 2. The number of methoxy groups -OCH3 is 2. The molecule has 2 aromatic rings. The summed E-state index contributed by atoms with van der Waals surface area (Å²) >= 11 is 0. The lowest BCUT2D eigenvalue weighted by atomic mass is 10.1. The van der Waals surface area contributed by atoms with Crippen molar-refractivity contribution < 1.29 is 27.5 Å². The van der Waals surface area contributed by atoms with E-state index in [2.05, 4.69) is 5.32 Å². The monoisotopic (exact) mass is 477 g/mol. The van der Waals surface area contributed by atoms with E-state index in [1.165, 1.54) is 38.3 Å². The van der Waals surface area contributed by atoms with E-state index in [0.717, 1.165) is 16.1 Å². The molecule has 0 bridgehead atoms. The Kier molecular flexibility index (Phi) is 9.10. The number of hydrogen-bond acceptors (Lipinski definition) is 6. The van der Waals surface area contributed by atoms with Crippen LogP contribution in [0.1, 0.15) is 12.5 Å². The molecule has 0 fully saturated rings. The van der Waals surface area contributed by atoms with Gasteiger partial charge in [0.1, 0.15) is 12.6 Å². The van der Waals surface area contributed by atoms with Crippen LogP contribution in [0.5, 0.6) is 11.5 Å². The number of nitrogens with zero attached hydrogens (tertiary/aromatic N) is 2. The summed E-state index contributed by atoms with van der Waals surface area (Å²) in [6, 6.07) is 13.4. The molecule has 2 rings (SSSR count). The highest BCUT2D eigenvalue weighted by Crippen LogP contribution is 2.32. The minimum Gasteiger partial charge on any atom is -0.493 e. The van der Waals surface area contributed by atoms with E-state index in [-0.39, 0.29) is 18.1 Å². The number of likely N-dealkylation sites (N-methyl/N-ethyl adjacent to an activating group) is 1. The maximum absolute atomic E-state index is 13.3. The summed E-state index contributed by atoms with van der Waals surface area (Å²) in [5.41, 5.74) is 1.25. The number of hydrogen-bond donors (Lipinski definition) is 1. The third kappa shape index (κ3) is 6.85. The van der Waals surface area contributed by atoms with Crippen LogP contribution < -0.4 is 19.1 Å². The highest BCUT2D eigenvalue weighted by atomic mass is 32.2. The second kappa shape index (κ2) is 11.6. The normalized spacial score (nSPS) is 11.9. The van der Waals surface area contributed by atoms with Crippen molar-refractivity contribution in [1.82, 2.24) is 10.2 Å². The summed E-state index contributed by atoms with van der Waals surface area (Å²) in [5, 5.41) is 2.55. The quantitative estimate of drug-likeness (QED) is 0.528. The topological polar surface area (TPSA) is 105 Å². The summed E-state index contributed by atoms with van der Waals surface area (Å²) in [5.74, 6) is -0.0785. The zero-order valence-corrected chi connectivity index (χ0v) is 20.4. The van der Waals surface area contributed by atoms with Crippen molar-refractivity contribution in [3.05, 3.63) is 54.1 Å². The van der Waals surface area contributed by atoms with Gasteiger partial charge in [-0.25, -0.2) is 8.42 Å². The van der Waals surface area contributed by atoms with E-state index < -0.39 is 28.5 Å². The molecule has 180 valence electrons. The largest absolute Gasteiger partial charge is 0.493 e. The Balaban J connectivity index is 2.35. The highest BCUT2D eigenvalue weighted by Gasteiger charge is 2.29. The van der Waals surface area contributed by atoms with Gasteiger partial charge >= 0.3 is 0 Å². The molecule has 2 amide bonds. The highest BCUT2D eigenvalue weighted by molar-refractivity contribution is 7.92. The van der Waals surface area contributed by atoms with Gasteiger partial charge in [-0.05, 0) is 31.0 Å². The first kappa shape index (κ1) is 26.0. The fourth-order valence-corrected chi connectivity index (χ4v) is 4.21. The van der Waals surface area contributed by atoms with Crippen LogP contribution in [0.4, 0.5) is 5.69 Å². The Morgan fingerprint density at radius 1 is 1.03 bits per heavy atom. The van der Waals surface area contributed by atoms with Gasteiger partial charge in [-0.3, -0.25) is 13.9 Å². The van der Waals surface area contributed by atoms with E-state index in [0.29, 0.717) is 17.9 Å². The first-order valence-electron chi connectivity index (χ1n) is 10.4. The molecule has 0 aliphatic carbocycles. The Morgan fingerprint density at radius 3 is 2.21 bits per heavy atom. The number of sulfonamides is 1. The van der Waals surface area contributed by atoms with Crippen LogP contribution in [-0.4, -0.2) is 71.8 Å². The Labute approximate surface area is 195 Å². The lowest BCUT2D eigenvalue weighted by molar-refractivity contribution is -0.138. The molecule has 0 aliphatic heterocycles. The molecule has 1 atom stereocenters. The van der Waals surface area contributed by atoms with Crippen LogP contribution in [0.25, 0.3) is 0 Å². The van der Waals surface area contributed by atoms with E-state index in [1.54, 1.807) is 13.0 Å². The molecule has 2 aromatic carbocycles. The predicted molar refractivity (Wildman–Crippen MR) is 127 cm³/mol. The molecular weight excluding hydrogens is 446 g/mol. The fourth-order valence-electron chi connectivity index (χ4n) is 3.37. The Morgan fingerprint density at radius 2 is 1.67 bits per heavy atom. The lowest BCUT2D eigenvalue weighted by Gasteiger charge is -2.31. The molecule has 9 nitrogen and oxygen atoms in total. The van der Waals surface area contributed by atoms with E-state index >= 15 is 0 Å². The van der Waals surface area contributed by atoms with Gasteiger partial charge in [0.2, 0.25) is 21.8 Å². The first-order chi connectivity index (χ1) is 15.6. The number of ether oxygens (including phenoxy) is 2. The van der Waals surface area contributed by atoms with E-state index in [4.69, 9.17) is 9.47 Å². The van der Waals surface area contributed by atoms with Crippen molar-refractivity contribution in [3.63, 3.8) is 0 Å². The van der Waals surface area contributed by atoms with Crippen LogP contribution in [0.2, 0.25) is 0 Å². The molecule has 0 spiro atoms. The SMILES string of the molecule is CNC(=O)[C@@H](C)N(CCc1ccccc1)C(=O)CN(c1ccc(OC)c(OC)c1)S(C)(=O)=O. The summed E-state index contributed by atoms with van der Waals surface area (Å²) in [4.78, 5) is 27.0. The molecule has 0 aromatic heterocycles. The predicted octanol–water partition coefficient (Wildman–Crippen LogP) is 1.68. The zero-order chi connectivity index (χ0) is 24.6. The second-order valence-corrected chi connectivity index (χ2v) is 9.33. The Bertz CT molecular complexity index is 1060. The van der Waals surface area contributed by atoms with Crippen molar-refractivity contribution in [3.8, 4) is 11.5 Å². The number of nitrogens with one attached hydrogen (secondary N) is 1. The molecule has 0 heterocycles. The summed E-state index contributed by atoms with van der Waals surface area (Å²) in [7, 11) is 0.581. The van der Waals surface area contributed by atoms with Gasteiger partial charge < -0.3 is 19.7 Å². The average molecular weight is 478 g/mol. The smallest absolute Gasteiger partial charge is 0.244 e. The van der Waals surface area contributed by atoms with Crippen LogP contribution >= 0.6 is 0 Å². The summed E-state index contributed by atoms with van der Waals surface area (Å²) in [6.45, 7) is 1.40. The van der Waals surface area contributed by atoms with E-state index in [1.807, 2.05) is 30.3 Å². The molecule has 33 heavy (non-hydrogen) atoms. The minimum atomic E-state index is -3.82. The molecule has 0 aliphatic rings. The van der Waals surface area contributed by atoms with Crippen molar-refractivity contribution in [2.45, 2.75) is 19.4 Å². The van der Waals surface area contributed by atoms with E-state index in [9.17, 15) is 18.0 Å². The standard InChI is InChI=1S/C23H31N3O6S/c1-17(23(28)24-2)25(14-13-18-9-7-6-8-10-18)22(27)16-26(33(5,29)30)19-11-12-20(31-3)21(15-19)32-4/h6-12,15,17H,13-14,16H2,1-5H3,(H,24,28)/t17-/m1/s1. The number of rotatable bonds is 11. The molecule has 10 heteroatoms. The lowest BCUT2D eigenvalue weighted by Crippen LogP contribution is -2.51. The second-order valence-electron chi connectivity index (χ2n) is 7.42. The van der Waals surface area contributed by atoms with Gasteiger partial charge in [0, 0.05) is 19.7 Å². The Hall–Kier alpha value is -3.27. The van der Waals surface area contributed by atoms with Crippen LogP contribution in [-0.2, 0) is 26.0 Å². The summed E-state index contributed by atoms with van der Waals surface area (Å²) in [6.07, 6.45) is 1.54. The fraction of sp³-hybridized carbons (Fsp3) is 0.391. The maximum atomic E-state index is 13.3. The van der Waals surface area contributed by atoms with Gasteiger partial charge in [-0.2, -0.15) is 0 Å². The van der Waals surface area contributed by atoms with Crippen molar-refractivity contribution in [1.29, 1.82) is 0 Å². The molecular formula is C23H31N3O6S. The van der Waals surface area contributed by atoms with Gasteiger partial charge in [-0.1, -0.05) is 30.3 Å². The minimum absolute atomic E-state index is 0.249. The average Bonchev–Trinajstić information content (AvgIpc) is 2.81. The number of amides is 2. The van der Waals surface area contributed by atoms with Crippen LogP contribution in [0.3, 0.4) is 0 Å². The molecule has 1 N–H and O–H groups in total. The van der Waals surface area contributed by atoms with Gasteiger partial charge in [0.25, 0.3) is 0 Å². The van der Waals surface area contributed by atoms with Crippen LogP contribution in [0.15, 0.2) is 48.5 Å². The first-order valence-corrected chi connectivity index (χ1v) is 12.2. The maximum Gasteiger partial charge on any atom is 0.244 e. The van der Waals surface area contributed by atoms with Crippen molar-refractivity contribution >= 4 is 27.5 Å². The molecule has 0 saturated heterocycles. The summed E-state index contributed by atoms with van der Waals surface area (Å²) < 4.78 is 36.6. The van der Waals surface area contributed by atoms with Gasteiger partial charge in [0.05, 0.1) is 26.2 Å². The number of carbonyl (C=O) groups excluding carboxylic acids is 2. The van der Waals surface area contributed by atoms with Gasteiger partial charge in [-0.15, -0.1) is 0 Å².